The maximum atomic E-state index is 8.42. The molecule has 0 N–H and O–H groups in total. The monoisotopic (exact) mass is 206 g/mol. The number of hydrogen-bond acceptors (Lipinski definition) is 3. The fourth-order valence-corrected chi connectivity index (χ4v) is 1.51. The van der Waals surface area contributed by atoms with Gasteiger partial charge in [-0.25, -0.2) is 0 Å². The lowest BCUT2D eigenvalue weighted by Crippen LogP contribution is -2.23. The third-order valence-corrected chi connectivity index (χ3v) is 2.42. The molecular weight excluding hydrogens is 188 g/mol. The van der Waals surface area contributed by atoms with Crippen molar-refractivity contribution in [1.82, 2.24) is 4.90 Å². The van der Waals surface area contributed by atoms with Crippen LogP contribution in [0.25, 0.3) is 0 Å². The Kier molecular flexibility index (Phi) is 5.57. The van der Waals surface area contributed by atoms with E-state index in [0.29, 0.717) is 6.42 Å². The van der Waals surface area contributed by atoms with Crippen molar-refractivity contribution in [1.29, 1.82) is 5.26 Å². The van der Waals surface area contributed by atoms with Crippen molar-refractivity contribution in [3.8, 4) is 6.07 Å². The number of furan rings is 1. The predicted molar refractivity (Wildman–Crippen MR) is 59.1 cm³/mol. The molecule has 0 amide bonds. The molecule has 0 aliphatic carbocycles. The summed E-state index contributed by atoms with van der Waals surface area (Å²) in [4.78, 5) is 2.33. The van der Waals surface area contributed by atoms with Crippen molar-refractivity contribution in [2.24, 2.45) is 0 Å². The molecule has 0 spiro atoms. The zero-order chi connectivity index (χ0) is 10.9. The fraction of sp³-hybridized carbons (Fsp3) is 0.583. The first-order chi connectivity index (χ1) is 7.36. The summed E-state index contributed by atoms with van der Waals surface area (Å²) in [5.41, 5.74) is 0. The first kappa shape index (κ1) is 11.8. The van der Waals surface area contributed by atoms with Crippen LogP contribution in [-0.2, 0) is 6.54 Å². The molecule has 0 aromatic carbocycles. The zero-order valence-corrected chi connectivity index (χ0v) is 9.28. The molecule has 0 aliphatic rings. The minimum atomic E-state index is 0.665. The lowest BCUT2D eigenvalue weighted by atomic mass is 10.2. The van der Waals surface area contributed by atoms with Gasteiger partial charge in [0.15, 0.2) is 0 Å². The van der Waals surface area contributed by atoms with Gasteiger partial charge in [-0.05, 0) is 38.1 Å². The fourth-order valence-electron chi connectivity index (χ4n) is 1.51. The molecule has 0 aliphatic heterocycles. The SMILES string of the molecule is CCN(CCCCC#N)Cc1ccco1. The van der Waals surface area contributed by atoms with Crippen LogP contribution < -0.4 is 0 Å². The molecule has 0 fully saturated rings. The highest BCUT2D eigenvalue weighted by atomic mass is 16.3. The molecule has 0 saturated carbocycles. The summed E-state index contributed by atoms with van der Waals surface area (Å²) in [5, 5.41) is 8.42. The van der Waals surface area contributed by atoms with E-state index in [4.69, 9.17) is 9.68 Å². The van der Waals surface area contributed by atoms with Crippen LogP contribution in [0.15, 0.2) is 22.8 Å². The molecule has 1 aromatic rings. The van der Waals surface area contributed by atoms with E-state index in [2.05, 4.69) is 17.9 Å². The molecule has 1 heterocycles. The van der Waals surface area contributed by atoms with E-state index in [-0.39, 0.29) is 0 Å². The van der Waals surface area contributed by atoms with E-state index < -0.39 is 0 Å². The lowest BCUT2D eigenvalue weighted by Gasteiger charge is -2.18. The Bertz CT molecular complexity index is 287. The second-order valence-corrected chi connectivity index (χ2v) is 3.56. The maximum Gasteiger partial charge on any atom is 0.117 e. The third-order valence-electron chi connectivity index (χ3n) is 2.42. The number of rotatable bonds is 7. The molecule has 3 nitrogen and oxygen atoms in total. The van der Waals surface area contributed by atoms with Gasteiger partial charge in [-0.1, -0.05) is 6.92 Å². The third kappa shape index (κ3) is 4.66. The Morgan fingerprint density at radius 3 is 2.93 bits per heavy atom. The second kappa shape index (κ2) is 7.08. The van der Waals surface area contributed by atoms with Gasteiger partial charge in [-0.15, -0.1) is 0 Å². The second-order valence-electron chi connectivity index (χ2n) is 3.56. The molecule has 0 bridgehead atoms. The van der Waals surface area contributed by atoms with E-state index in [1.807, 2.05) is 12.1 Å². The smallest absolute Gasteiger partial charge is 0.117 e. The van der Waals surface area contributed by atoms with Crippen molar-refractivity contribution in [3.63, 3.8) is 0 Å². The number of nitriles is 1. The molecule has 82 valence electrons. The van der Waals surface area contributed by atoms with Gasteiger partial charge in [0.1, 0.15) is 5.76 Å². The van der Waals surface area contributed by atoms with Gasteiger partial charge < -0.3 is 4.42 Å². The van der Waals surface area contributed by atoms with Gasteiger partial charge in [0.05, 0.1) is 18.9 Å². The quantitative estimate of drug-likeness (QED) is 0.644. The minimum Gasteiger partial charge on any atom is -0.468 e. The van der Waals surface area contributed by atoms with Gasteiger partial charge in [0, 0.05) is 6.42 Å². The largest absolute Gasteiger partial charge is 0.468 e. The average molecular weight is 206 g/mol. The Balaban J connectivity index is 2.21. The van der Waals surface area contributed by atoms with E-state index >= 15 is 0 Å². The molecule has 15 heavy (non-hydrogen) atoms. The summed E-state index contributed by atoms with van der Waals surface area (Å²) in [6.07, 6.45) is 4.45. The highest BCUT2D eigenvalue weighted by Crippen LogP contribution is 2.06. The Hall–Kier alpha value is -1.27. The maximum absolute atomic E-state index is 8.42. The van der Waals surface area contributed by atoms with E-state index in [1.165, 1.54) is 0 Å². The number of hydrogen-bond donors (Lipinski definition) is 0. The van der Waals surface area contributed by atoms with Crippen LogP contribution in [0.1, 0.15) is 31.9 Å². The van der Waals surface area contributed by atoms with Crippen LogP contribution in [-0.4, -0.2) is 18.0 Å². The summed E-state index contributed by atoms with van der Waals surface area (Å²) >= 11 is 0. The molecule has 0 unspecified atom stereocenters. The standard InChI is InChI=1S/C12H18N2O/c1-2-14(9-5-3-4-8-13)11-12-7-6-10-15-12/h6-7,10H,2-5,9,11H2,1H3. The average Bonchev–Trinajstić information content (AvgIpc) is 2.75. The zero-order valence-electron chi connectivity index (χ0n) is 9.28. The summed E-state index contributed by atoms with van der Waals surface area (Å²) in [5.74, 6) is 1.01. The van der Waals surface area contributed by atoms with Gasteiger partial charge in [0.25, 0.3) is 0 Å². The Labute approximate surface area is 91.3 Å². The van der Waals surface area contributed by atoms with E-state index in [0.717, 1.165) is 38.2 Å². The molecule has 1 rings (SSSR count). The number of unbranched alkanes of at least 4 members (excludes halogenated alkanes) is 2. The first-order valence-electron chi connectivity index (χ1n) is 5.48. The normalized spacial score (nSPS) is 10.5. The van der Waals surface area contributed by atoms with Crippen LogP contribution in [0.3, 0.4) is 0 Å². The summed E-state index contributed by atoms with van der Waals surface area (Å²) in [6.45, 7) is 5.08. The first-order valence-corrected chi connectivity index (χ1v) is 5.48. The van der Waals surface area contributed by atoms with Crippen LogP contribution in [0, 0.1) is 11.3 Å². The molecule has 3 heteroatoms. The van der Waals surface area contributed by atoms with E-state index in [1.54, 1.807) is 6.26 Å². The Morgan fingerprint density at radius 1 is 1.47 bits per heavy atom. The van der Waals surface area contributed by atoms with Gasteiger partial charge in [-0.3, -0.25) is 4.90 Å². The molecule has 0 saturated heterocycles. The summed E-state index contributed by atoms with van der Waals surface area (Å²) in [6, 6.07) is 6.08. The molecular formula is C12H18N2O. The van der Waals surface area contributed by atoms with Crippen molar-refractivity contribution in [2.45, 2.75) is 32.7 Å². The summed E-state index contributed by atoms with van der Waals surface area (Å²) < 4.78 is 5.30. The van der Waals surface area contributed by atoms with Crippen molar-refractivity contribution >= 4 is 0 Å². The molecule has 1 aromatic heterocycles. The van der Waals surface area contributed by atoms with Crippen LogP contribution >= 0.6 is 0 Å². The molecule has 0 atom stereocenters. The molecule has 0 radical (unpaired) electrons. The van der Waals surface area contributed by atoms with Crippen LogP contribution in [0.5, 0.6) is 0 Å². The van der Waals surface area contributed by atoms with E-state index in [9.17, 15) is 0 Å². The minimum absolute atomic E-state index is 0.665. The number of nitrogens with zero attached hydrogens (tertiary/aromatic N) is 2. The lowest BCUT2D eigenvalue weighted by molar-refractivity contribution is 0.251. The topological polar surface area (TPSA) is 40.2 Å². The van der Waals surface area contributed by atoms with Gasteiger partial charge in [-0.2, -0.15) is 5.26 Å². The predicted octanol–water partition coefficient (Wildman–Crippen LogP) is 2.80. The highest BCUT2D eigenvalue weighted by molar-refractivity contribution is 4.97. The van der Waals surface area contributed by atoms with Crippen LogP contribution in [0.2, 0.25) is 0 Å². The van der Waals surface area contributed by atoms with Gasteiger partial charge >= 0.3 is 0 Å². The highest BCUT2D eigenvalue weighted by Gasteiger charge is 2.04. The summed E-state index contributed by atoms with van der Waals surface area (Å²) in [7, 11) is 0. The van der Waals surface area contributed by atoms with Crippen molar-refractivity contribution in [2.75, 3.05) is 13.1 Å². The Morgan fingerprint density at radius 2 is 2.33 bits per heavy atom. The van der Waals surface area contributed by atoms with Crippen LogP contribution in [0.4, 0.5) is 0 Å². The van der Waals surface area contributed by atoms with Crippen molar-refractivity contribution < 1.29 is 4.42 Å². The van der Waals surface area contributed by atoms with Gasteiger partial charge in [0.2, 0.25) is 0 Å². The van der Waals surface area contributed by atoms with Crippen molar-refractivity contribution in [3.05, 3.63) is 24.2 Å².